The Morgan fingerprint density at radius 3 is 1.00 bits per heavy atom. The number of hydrogen-bond donors (Lipinski definition) is 0. The van der Waals surface area contributed by atoms with E-state index >= 15 is 0 Å². The smallest absolute Gasteiger partial charge is 0.306 e. The van der Waals surface area contributed by atoms with E-state index in [1.807, 2.05) is 12.2 Å². The summed E-state index contributed by atoms with van der Waals surface area (Å²) in [6.45, 7) is 6.42. The highest BCUT2D eigenvalue weighted by molar-refractivity contribution is 5.71. The minimum atomic E-state index is -0.839. The number of esters is 3. The van der Waals surface area contributed by atoms with Gasteiger partial charge in [0.05, 0.1) is 0 Å². The SMILES string of the molecule is CC/C=C\C/C=C\C/C=C\C/C=C\C/C=C\C/C=C\CCC(=O)O[C@H](COC(=O)CCC/C=C\C/C=C\C/C=C\CCCCCCCC)COC(=O)CCCCCCCCCCCCCCCCC. The molecule has 0 aromatic rings. The topological polar surface area (TPSA) is 78.9 Å². The number of unbranched alkanes of at least 4 members (excludes halogenated alkanes) is 21. The Labute approximate surface area is 425 Å². The lowest BCUT2D eigenvalue weighted by Crippen LogP contribution is -2.30. The van der Waals surface area contributed by atoms with Crippen molar-refractivity contribution in [3.8, 4) is 0 Å². The van der Waals surface area contributed by atoms with Crippen molar-refractivity contribution in [2.75, 3.05) is 13.2 Å². The van der Waals surface area contributed by atoms with E-state index in [0.717, 1.165) is 77.0 Å². The van der Waals surface area contributed by atoms with Gasteiger partial charge in [-0.15, -0.1) is 0 Å². The Balaban J connectivity index is 4.58. The van der Waals surface area contributed by atoms with Gasteiger partial charge in [-0.1, -0.05) is 252 Å². The molecule has 0 amide bonds. The fraction of sp³-hybridized carbons (Fsp3) is 0.667. The van der Waals surface area contributed by atoms with Gasteiger partial charge in [0.15, 0.2) is 6.10 Å². The number of carbonyl (C=O) groups is 3. The van der Waals surface area contributed by atoms with Crippen molar-refractivity contribution in [2.45, 2.75) is 258 Å². The van der Waals surface area contributed by atoms with E-state index in [1.165, 1.54) is 122 Å². The number of hydrogen-bond acceptors (Lipinski definition) is 6. The van der Waals surface area contributed by atoms with Gasteiger partial charge in [-0.2, -0.15) is 0 Å². The zero-order valence-electron chi connectivity index (χ0n) is 44.8. The van der Waals surface area contributed by atoms with Crippen LogP contribution in [0.2, 0.25) is 0 Å². The molecule has 0 aliphatic rings. The van der Waals surface area contributed by atoms with Gasteiger partial charge in [0.1, 0.15) is 13.2 Å². The molecule has 0 saturated heterocycles. The second kappa shape index (κ2) is 56.7. The Hall–Kier alpha value is -3.93. The molecule has 0 radical (unpaired) electrons. The molecule has 392 valence electrons. The van der Waals surface area contributed by atoms with Crippen LogP contribution in [0.4, 0.5) is 0 Å². The van der Waals surface area contributed by atoms with Crippen LogP contribution in [0.1, 0.15) is 252 Å². The highest BCUT2D eigenvalue weighted by Crippen LogP contribution is 2.15. The first-order chi connectivity index (χ1) is 34.0. The van der Waals surface area contributed by atoms with Crippen LogP contribution in [-0.4, -0.2) is 37.2 Å². The lowest BCUT2D eigenvalue weighted by atomic mass is 10.0. The summed E-state index contributed by atoms with van der Waals surface area (Å²) in [5.74, 6) is -1.06. The van der Waals surface area contributed by atoms with E-state index in [0.29, 0.717) is 19.3 Å². The summed E-state index contributed by atoms with van der Waals surface area (Å²) in [6, 6.07) is 0. The molecule has 6 nitrogen and oxygen atoms in total. The van der Waals surface area contributed by atoms with Gasteiger partial charge in [-0.25, -0.2) is 0 Å². The minimum Gasteiger partial charge on any atom is -0.462 e. The predicted octanol–water partition coefficient (Wildman–Crippen LogP) is 19.1. The van der Waals surface area contributed by atoms with Crippen LogP contribution >= 0.6 is 0 Å². The zero-order valence-corrected chi connectivity index (χ0v) is 44.8. The number of carbonyl (C=O) groups excluding carboxylic acids is 3. The lowest BCUT2D eigenvalue weighted by Gasteiger charge is -2.18. The van der Waals surface area contributed by atoms with Gasteiger partial charge in [0, 0.05) is 19.3 Å². The van der Waals surface area contributed by atoms with Crippen LogP contribution in [0.15, 0.2) is 109 Å². The first kappa shape index (κ1) is 65.1. The quantitative estimate of drug-likeness (QED) is 0.0262. The van der Waals surface area contributed by atoms with Gasteiger partial charge in [0.25, 0.3) is 0 Å². The third kappa shape index (κ3) is 54.9. The summed E-state index contributed by atoms with van der Waals surface area (Å²) in [6.07, 6.45) is 76.7. The van der Waals surface area contributed by atoms with Gasteiger partial charge >= 0.3 is 17.9 Å². The van der Waals surface area contributed by atoms with Gasteiger partial charge in [-0.3, -0.25) is 14.4 Å². The predicted molar refractivity (Wildman–Crippen MR) is 297 cm³/mol. The molecular formula is C63H104O6. The van der Waals surface area contributed by atoms with Crippen molar-refractivity contribution in [3.05, 3.63) is 109 Å². The average molecular weight is 958 g/mol. The second-order valence-corrected chi connectivity index (χ2v) is 18.5. The number of ether oxygens (including phenoxy) is 3. The standard InChI is InChI=1S/C63H104O6/c1-4-7-10-13-16-19-22-25-28-30-31-33-36-39-42-45-48-51-54-57-63(66)69-60(58-67-61(64)55-52-49-46-43-40-37-34-27-24-21-18-15-12-9-6-3)59-68-62(65)56-53-50-47-44-41-38-35-32-29-26-23-20-17-14-11-8-5-2/h7,10,16,19,25-26,28-29,31,33,35,38-39,42,44,47-48,51,60H,4-6,8-9,11-15,17-18,20-24,27,30,32,34,36-37,40-41,43,45-46,49-50,52-59H2,1-3H3/b10-7-,19-16-,28-25-,29-26-,33-31-,38-35-,42-39-,47-44-,51-48-/t60-/m0/s1. The molecule has 0 rings (SSSR count). The van der Waals surface area contributed by atoms with Crippen molar-refractivity contribution in [3.63, 3.8) is 0 Å². The fourth-order valence-corrected chi connectivity index (χ4v) is 7.54. The minimum absolute atomic E-state index is 0.123. The summed E-state index contributed by atoms with van der Waals surface area (Å²) in [5, 5.41) is 0. The van der Waals surface area contributed by atoms with Crippen LogP contribution in [0.25, 0.3) is 0 Å². The Kier molecular flexibility index (Phi) is 53.4. The molecule has 0 aromatic carbocycles. The Morgan fingerprint density at radius 2 is 0.609 bits per heavy atom. The van der Waals surface area contributed by atoms with Crippen molar-refractivity contribution in [2.24, 2.45) is 0 Å². The largest absolute Gasteiger partial charge is 0.462 e. The van der Waals surface area contributed by atoms with Gasteiger partial charge in [0.2, 0.25) is 0 Å². The summed E-state index contributed by atoms with van der Waals surface area (Å²) in [7, 11) is 0. The van der Waals surface area contributed by atoms with Gasteiger partial charge < -0.3 is 14.2 Å². The lowest BCUT2D eigenvalue weighted by molar-refractivity contribution is -0.166. The molecule has 1 atom stereocenters. The van der Waals surface area contributed by atoms with Crippen LogP contribution in [0.5, 0.6) is 0 Å². The van der Waals surface area contributed by atoms with Crippen LogP contribution in [-0.2, 0) is 28.6 Å². The maximum absolute atomic E-state index is 12.8. The zero-order chi connectivity index (χ0) is 50.0. The second-order valence-electron chi connectivity index (χ2n) is 18.5. The van der Waals surface area contributed by atoms with E-state index in [4.69, 9.17) is 14.2 Å². The normalized spacial score (nSPS) is 12.9. The van der Waals surface area contributed by atoms with Crippen molar-refractivity contribution < 1.29 is 28.6 Å². The summed E-state index contributed by atoms with van der Waals surface area (Å²) in [4.78, 5) is 38.1. The molecule has 0 saturated carbocycles. The molecule has 0 bridgehead atoms. The summed E-state index contributed by atoms with van der Waals surface area (Å²) >= 11 is 0. The van der Waals surface area contributed by atoms with Crippen LogP contribution in [0, 0.1) is 0 Å². The molecule has 0 aromatic heterocycles. The molecule has 0 heterocycles. The Bertz CT molecular complexity index is 1420. The van der Waals surface area contributed by atoms with Crippen molar-refractivity contribution in [1.29, 1.82) is 0 Å². The molecule has 0 spiro atoms. The molecular weight excluding hydrogens is 853 g/mol. The maximum Gasteiger partial charge on any atom is 0.306 e. The van der Waals surface area contributed by atoms with E-state index in [1.54, 1.807) is 0 Å². The van der Waals surface area contributed by atoms with Crippen molar-refractivity contribution in [1.82, 2.24) is 0 Å². The van der Waals surface area contributed by atoms with E-state index < -0.39 is 12.1 Å². The molecule has 0 fully saturated rings. The van der Waals surface area contributed by atoms with E-state index in [2.05, 4.69) is 118 Å². The highest BCUT2D eigenvalue weighted by Gasteiger charge is 2.19. The van der Waals surface area contributed by atoms with E-state index in [9.17, 15) is 14.4 Å². The highest BCUT2D eigenvalue weighted by atomic mass is 16.6. The molecule has 0 unspecified atom stereocenters. The average Bonchev–Trinajstić information content (AvgIpc) is 3.35. The monoisotopic (exact) mass is 957 g/mol. The molecule has 6 heteroatoms. The van der Waals surface area contributed by atoms with Crippen molar-refractivity contribution >= 4 is 17.9 Å². The Morgan fingerprint density at radius 1 is 0.304 bits per heavy atom. The van der Waals surface area contributed by atoms with Crippen LogP contribution in [0.3, 0.4) is 0 Å². The first-order valence-corrected chi connectivity index (χ1v) is 28.4. The maximum atomic E-state index is 12.8. The fourth-order valence-electron chi connectivity index (χ4n) is 7.54. The first-order valence-electron chi connectivity index (χ1n) is 28.4. The van der Waals surface area contributed by atoms with Crippen LogP contribution < -0.4 is 0 Å². The molecule has 0 aliphatic carbocycles. The molecule has 69 heavy (non-hydrogen) atoms. The van der Waals surface area contributed by atoms with Gasteiger partial charge in [-0.05, 0) is 89.9 Å². The molecule has 0 aliphatic heterocycles. The number of rotatable bonds is 50. The third-order valence-electron chi connectivity index (χ3n) is 11.8. The van der Waals surface area contributed by atoms with E-state index in [-0.39, 0.29) is 38.0 Å². The summed E-state index contributed by atoms with van der Waals surface area (Å²) < 4.78 is 16.7. The summed E-state index contributed by atoms with van der Waals surface area (Å²) in [5.41, 5.74) is 0. The third-order valence-corrected chi connectivity index (χ3v) is 11.8. The molecule has 0 N–H and O–H groups in total. The number of allylic oxidation sites excluding steroid dienone is 18.